The lowest BCUT2D eigenvalue weighted by atomic mass is 10.1. The number of likely N-dealkylation sites (tertiary alicyclic amines) is 1. The van der Waals surface area contributed by atoms with Crippen LogP contribution >= 0.6 is 0 Å². The van der Waals surface area contributed by atoms with Gasteiger partial charge >= 0.3 is 0 Å². The fourth-order valence-corrected chi connectivity index (χ4v) is 2.29. The standard InChI is InChI=1S/C17H17NO3/c1-20-14-7-9-15(10-8-14)21-16-11-18(12-16)17(19)13-5-3-2-4-6-13/h2-10,16H,11-12H2,1H3. The summed E-state index contributed by atoms with van der Waals surface area (Å²) in [5.74, 6) is 1.66. The molecule has 0 bridgehead atoms. The van der Waals surface area contributed by atoms with Crippen LogP contribution in [0.3, 0.4) is 0 Å². The van der Waals surface area contributed by atoms with Crippen LogP contribution in [0.1, 0.15) is 10.4 Å². The van der Waals surface area contributed by atoms with E-state index >= 15 is 0 Å². The lowest BCUT2D eigenvalue weighted by molar-refractivity contribution is 0.0178. The van der Waals surface area contributed by atoms with Gasteiger partial charge in [0.2, 0.25) is 0 Å². The van der Waals surface area contributed by atoms with E-state index in [4.69, 9.17) is 9.47 Å². The second-order valence-corrected chi connectivity index (χ2v) is 4.99. The van der Waals surface area contributed by atoms with Gasteiger partial charge in [-0.25, -0.2) is 0 Å². The molecule has 0 unspecified atom stereocenters. The normalized spacial score (nSPS) is 14.4. The van der Waals surface area contributed by atoms with Gasteiger partial charge in [-0.05, 0) is 36.4 Å². The van der Waals surface area contributed by atoms with E-state index in [2.05, 4.69) is 0 Å². The van der Waals surface area contributed by atoms with Crippen molar-refractivity contribution in [2.24, 2.45) is 0 Å². The molecule has 1 saturated heterocycles. The van der Waals surface area contributed by atoms with Crippen LogP contribution < -0.4 is 9.47 Å². The Hall–Kier alpha value is -2.49. The Morgan fingerprint density at radius 3 is 2.24 bits per heavy atom. The number of methoxy groups -OCH3 is 1. The molecule has 4 heteroatoms. The van der Waals surface area contributed by atoms with Crippen LogP contribution in [0.5, 0.6) is 11.5 Å². The van der Waals surface area contributed by atoms with Gasteiger partial charge in [0.15, 0.2) is 0 Å². The summed E-state index contributed by atoms with van der Waals surface area (Å²) in [6.07, 6.45) is 0.0612. The van der Waals surface area contributed by atoms with E-state index in [-0.39, 0.29) is 12.0 Å². The Balaban J connectivity index is 1.52. The fourth-order valence-electron chi connectivity index (χ4n) is 2.29. The molecule has 0 radical (unpaired) electrons. The Morgan fingerprint density at radius 2 is 1.62 bits per heavy atom. The van der Waals surface area contributed by atoms with Crippen LogP contribution in [0, 0.1) is 0 Å². The summed E-state index contributed by atoms with van der Waals surface area (Å²) in [5, 5.41) is 0. The number of ether oxygens (including phenoxy) is 2. The van der Waals surface area contributed by atoms with Crippen molar-refractivity contribution >= 4 is 5.91 Å². The van der Waals surface area contributed by atoms with Crippen molar-refractivity contribution in [1.82, 2.24) is 4.90 Å². The molecule has 3 rings (SSSR count). The van der Waals surface area contributed by atoms with E-state index in [0.717, 1.165) is 17.1 Å². The van der Waals surface area contributed by atoms with Crippen molar-refractivity contribution in [3.63, 3.8) is 0 Å². The number of nitrogens with zero attached hydrogens (tertiary/aromatic N) is 1. The SMILES string of the molecule is COc1ccc(OC2CN(C(=O)c3ccccc3)C2)cc1. The molecule has 0 N–H and O–H groups in total. The van der Waals surface area contributed by atoms with Crippen molar-refractivity contribution in [3.05, 3.63) is 60.2 Å². The van der Waals surface area contributed by atoms with Crippen molar-refractivity contribution in [3.8, 4) is 11.5 Å². The van der Waals surface area contributed by atoms with Crippen molar-refractivity contribution in [2.45, 2.75) is 6.10 Å². The summed E-state index contributed by atoms with van der Waals surface area (Å²) in [6.45, 7) is 1.25. The molecule has 0 spiro atoms. The average molecular weight is 283 g/mol. The van der Waals surface area contributed by atoms with Gasteiger partial charge in [0.25, 0.3) is 5.91 Å². The quantitative estimate of drug-likeness (QED) is 0.865. The first-order chi connectivity index (χ1) is 10.3. The first-order valence-corrected chi connectivity index (χ1v) is 6.91. The molecule has 0 saturated carbocycles. The van der Waals surface area contributed by atoms with Crippen molar-refractivity contribution in [2.75, 3.05) is 20.2 Å². The molecular weight excluding hydrogens is 266 g/mol. The van der Waals surface area contributed by atoms with E-state index in [1.165, 1.54) is 0 Å². The Bertz CT molecular complexity index is 604. The fraction of sp³-hybridized carbons (Fsp3) is 0.235. The third-order valence-corrected chi connectivity index (χ3v) is 3.52. The Kier molecular flexibility index (Phi) is 3.77. The number of hydrogen-bond acceptors (Lipinski definition) is 3. The van der Waals surface area contributed by atoms with Gasteiger partial charge in [-0.15, -0.1) is 0 Å². The van der Waals surface area contributed by atoms with Crippen LogP contribution in [0.25, 0.3) is 0 Å². The maximum atomic E-state index is 12.2. The van der Waals surface area contributed by atoms with Gasteiger partial charge in [0.1, 0.15) is 17.6 Å². The summed E-state index contributed by atoms with van der Waals surface area (Å²) in [5.41, 5.74) is 0.723. The minimum absolute atomic E-state index is 0.0604. The number of carbonyl (C=O) groups excluding carboxylic acids is 1. The molecule has 21 heavy (non-hydrogen) atoms. The van der Waals surface area contributed by atoms with Crippen LogP contribution in [0.15, 0.2) is 54.6 Å². The van der Waals surface area contributed by atoms with Gasteiger partial charge in [0.05, 0.1) is 20.2 Å². The molecule has 0 aromatic heterocycles. The van der Waals surface area contributed by atoms with E-state index in [0.29, 0.717) is 13.1 Å². The molecule has 1 fully saturated rings. The molecule has 1 aliphatic rings. The van der Waals surface area contributed by atoms with Crippen molar-refractivity contribution < 1.29 is 14.3 Å². The smallest absolute Gasteiger partial charge is 0.254 e. The molecule has 1 amide bonds. The summed E-state index contributed by atoms with van der Waals surface area (Å²) in [6, 6.07) is 16.8. The van der Waals surface area contributed by atoms with E-state index in [1.54, 1.807) is 12.0 Å². The number of carbonyl (C=O) groups is 1. The number of hydrogen-bond donors (Lipinski definition) is 0. The minimum Gasteiger partial charge on any atom is -0.497 e. The number of rotatable bonds is 4. The zero-order valence-electron chi connectivity index (χ0n) is 11.9. The highest BCUT2D eigenvalue weighted by molar-refractivity contribution is 5.94. The second kappa shape index (κ2) is 5.87. The van der Waals surface area contributed by atoms with Crippen LogP contribution in [-0.2, 0) is 0 Å². The Labute approximate surface area is 123 Å². The molecule has 1 aliphatic heterocycles. The van der Waals surface area contributed by atoms with Gasteiger partial charge in [0, 0.05) is 5.56 Å². The van der Waals surface area contributed by atoms with Crippen LogP contribution in [0.2, 0.25) is 0 Å². The van der Waals surface area contributed by atoms with Crippen LogP contribution in [0.4, 0.5) is 0 Å². The lowest BCUT2D eigenvalue weighted by Crippen LogP contribution is -2.56. The molecule has 2 aromatic carbocycles. The zero-order chi connectivity index (χ0) is 14.7. The molecule has 4 nitrogen and oxygen atoms in total. The molecule has 108 valence electrons. The highest BCUT2D eigenvalue weighted by Crippen LogP contribution is 2.22. The lowest BCUT2D eigenvalue weighted by Gasteiger charge is -2.39. The van der Waals surface area contributed by atoms with Gasteiger partial charge in [-0.3, -0.25) is 4.79 Å². The molecular formula is C17H17NO3. The number of benzene rings is 2. The highest BCUT2D eigenvalue weighted by atomic mass is 16.5. The first-order valence-electron chi connectivity index (χ1n) is 6.91. The van der Waals surface area contributed by atoms with Gasteiger partial charge in [-0.2, -0.15) is 0 Å². The van der Waals surface area contributed by atoms with Gasteiger partial charge < -0.3 is 14.4 Å². The molecule has 0 aliphatic carbocycles. The number of amides is 1. The summed E-state index contributed by atoms with van der Waals surface area (Å²) < 4.78 is 10.9. The summed E-state index contributed by atoms with van der Waals surface area (Å²) in [7, 11) is 1.63. The maximum absolute atomic E-state index is 12.2. The van der Waals surface area contributed by atoms with Crippen LogP contribution in [-0.4, -0.2) is 37.1 Å². The zero-order valence-corrected chi connectivity index (χ0v) is 11.9. The largest absolute Gasteiger partial charge is 0.497 e. The summed E-state index contributed by atoms with van der Waals surface area (Å²) >= 11 is 0. The van der Waals surface area contributed by atoms with E-state index in [1.807, 2.05) is 54.6 Å². The predicted molar refractivity (Wildman–Crippen MR) is 79.8 cm³/mol. The third-order valence-electron chi connectivity index (χ3n) is 3.52. The average Bonchev–Trinajstić information content (AvgIpc) is 2.51. The third kappa shape index (κ3) is 2.99. The summed E-state index contributed by atoms with van der Waals surface area (Å²) in [4.78, 5) is 14.0. The second-order valence-electron chi connectivity index (χ2n) is 4.99. The monoisotopic (exact) mass is 283 g/mol. The Morgan fingerprint density at radius 1 is 1.00 bits per heavy atom. The predicted octanol–water partition coefficient (Wildman–Crippen LogP) is 2.60. The molecule has 1 heterocycles. The molecule has 0 atom stereocenters. The first kappa shape index (κ1) is 13.5. The van der Waals surface area contributed by atoms with Crippen molar-refractivity contribution in [1.29, 1.82) is 0 Å². The van der Waals surface area contributed by atoms with Gasteiger partial charge in [-0.1, -0.05) is 18.2 Å². The minimum atomic E-state index is 0.0604. The molecule has 2 aromatic rings. The van der Waals surface area contributed by atoms with E-state index in [9.17, 15) is 4.79 Å². The maximum Gasteiger partial charge on any atom is 0.254 e. The highest BCUT2D eigenvalue weighted by Gasteiger charge is 2.32. The topological polar surface area (TPSA) is 38.8 Å². The van der Waals surface area contributed by atoms with E-state index < -0.39 is 0 Å².